The monoisotopic (exact) mass is 343 g/mol. The minimum atomic E-state index is -0.333. The fraction of sp³-hybridized carbons (Fsp3) is 0.389. The Kier molecular flexibility index (Phi) is 5.02. The Morgan fingerprint density at radius 2 is 1.76 bits per heavy atom. The number of amides is 2. The van der Waals surface area contributed by atoms with E-state index < -0.39 is 0 Å². The van der Waals surface area contributed by atoms with E-state index >= 15 is 0 Å². The van der Waals surface area contributed by atoms with Gasteiger partial charge in [-0.05, 0) is 13.8 Å². The molecule has 7 nitrogen and oxygen atoms in total. The molecule has 1 aliphatic rings. The highest BCUT2D eigenvalue weighted by Gasteiger charge is 2.28. The topological polar surface area (TPSA) is 75.9 Å². The quantitative estimate of drug-likeness (QED) is 0.856. The number of piperazine rings is 1. The number of rotatable bonds is 3. The molecule has 25 heavy (non-hydrogen) atoms. The summed E-state index contributed by atoms with van der Waals surface area (Å²) in [5.74, 6) is 0.332. The second kappa shape index (κ2) is 7.38. The summed E-state index contributed by atoms with van der Waals surface area (Å²) in [4.78, 5) is 27.9. The number of benzene rings is 1. The normalized spacial score (nSPS) is 14.5. The summed E-state index contributed by atoms with van der Waals surface area (Å²) in [6.45, 7) is 5.94. The number of carbonyl (C=O) groups excluding carboxylic acids is 2. The Balaban J connectivity index is 1.70. The van der Waals surface area contributed by atoms with Gasteiger partial charge in [0.15, 0.2) is 5.76 Å². The lowest BCUT2D eigenvalue weighted by Crippen LogP contribution is -2.50. The van der Waals surface area contributed by atoms with Crippen molar-refractivity contribution in [3.63, 3.8) is 0 Å². The van der Waals surface area contributed by atoms with E-state index in [9.17, 15) is 9.59 Å². The van der Waals surface area contributed by atoms with Gasteiger partial charge in [0.25, 0.3) is 5.91 Å². The van der Waals surface area contributed by atoms with Gasteiger partial charge in [-0.3, -0.25) is 4.79 Å². The summed E-state index contributed by atoms with van der Waals surface area (Å²) in [5, 5.41) is 3.80. The van der Waals surface area contributed by atoms with Crippen LogP contribution in [0.3, 0.4) is 0 Å². The van der Waals surface area contributed by atoms with E-state index in [2.05, 4.69) is 5.16 Å². The van der Waals surface area contributed by atoms with Gasteiger partial charge in [0.2, 0.25) is 0 Å². The van der Waals surface area contributed by atoms with Gasteiger partial charge in [-0.1, -0.05) is 35.0 Å². The molecule has 1 fully saturated rings. The van der Waals surface area contributed by atoms with Crippen molar-refractivity contribution < 1.29 is 18.8 Å². The molecule has 132 valence electrons. The molecule has 2 aromatic rings. The van der Waals surface area contributed by atoms with Crippen molar-refractivity contribution in [2.75, 3.05) is 32.8 Å². The standard InChI is InChI=1S/C18H21N3O4/c1-3-24-18(23)21-10-8-20(9-11-21)17(22)15-12-19-25-16(15)14-6-4-13(2)5-7-14/h4-7,12H,3,8-11H2,1-2H3. The Hall–Kier alpha value is -2.83. The van der Waals surface area contributed by atoms with Gasteiger partial charge in [-0.25, -0.2) is 4.79 Å². The third kappa shape index (κ3) is 3.65. The Labute approximate surface area is 146 Å². The molecule has 1 aliphatic heterocycles. The Bertz CT molecular complexity index is 746. The first-order valence-corrected chi connectivity index (χ1v) is 8.33. The van der Waals surface area contributed by atoms with Gasteiger partial charge < -0.3 is 19.1 Å². The first-order valence-electron chi connectivity index (χ1n) is 8.33. The average Bonchev–Trinajstić information content (AvgIpc) is 3.12. The van der Waals surface area contributed by atoms with Crippen molar-refractivity contribution in [2.45, 2.75) is 13.8 Å². The van der Waals surface area contributed by atoms with Crippen LogP contribution in [0.2, 0.25) is 0 Å². The van der Waals surface area contributed by atoms with Crippen molar-refractivity contribution in [1.29, 1.82) is 0 Å². The third-order valence-electron chi connectivity index (χ3n) is 4.21. The maximum absolute atomic E-state index is 12.8. The van der Waals surface area contributed by atoms with E-state index in [1.54, 1.807) is 16.7 Å². The third-order valence-corrected chi connectivity index (χ3v) is 4.21. The van der Waals surface area contributed by atoms with Gasteiger partial charge in [-0.2, -0.15) is 0 Å². The minimum absolute atomic E-state index is 0.139. The molecular formula is C18H21N3O4. The van der Waals surface area contributed by atoms with Gasteiger partial charge in [-0.15, -0.1) is 0 Å². The molecule has 3 rings (SSSR count). The first kappa shape index (κ1) is 17.0. The van der Waals surface area contributed by atoms with Crippen LogP contribution in [-0.4, -0.2) is 59.7 Å². The second-order valence-corrected chi connectivity index (χ2v) is 5.91. The van der Waals surface area contributed by atoms with Crippen molar-refractivity contribution in [2.24, 2.45) is 0 Å². The highest BCUT2D eigenvalue weighted by atomic mass is 16.6. The highest BCUT2D eigenvalue weighted by molar-refractivity contribution is 5.99. The Morgan fingerprint density at radius 1 is 1.12 bits per heavy atom. The van der Waals surface area contributed by atoms with Crippen LogP contribution in [0.1, 0.15) is 22.8 Å². The van der Waals surface area contributed by atoms with E-state index in [0.717, 1.165) is 11.1 Å². The predicted octanol–water partition coefficient (Wildman–Crippen LogP) is 2.56. The summed E-state index contributed by atoms with van der Waals surface area (Å²) >= 11 is 0. The van der Waals surface area contributed by atoms with Crippen LogP contribution in [-0.2, 0) is 4.74 Å². The van der Waals surface area contributed by atoms with Crippen molar-refractivity contribution in [3.05, 3.63) is 41.6 Å². The molecule has 7 heteroatoms. The lowest BCUT2D eigenvalue weighted by molar-refractivity contribution is 0.0570. The molecule has 1 aromatic heterocycles. The zero-order chi connectivity index (χ0) is 17.8. The molecule has 0 atom stereocenters. The fourth-order valence-electron chi connectivity index (χ4n) is 2.78. The van der Waals surface area contributed by atoms with E-state index in [4.69, 9.17) is 9.26 Å². The van der Waals surface area contributed by atoms with Gasteiger partial charge in [0, 0.05) is 31.7 Å². The minimum Gasteiger partial charge on any atom is -0.450 e. The van der Waals surface area contributed by atoms with Crippen LogP contribution < -0.4 is 0 Å². The maximum atomic E-state index is 12.8. The maximum Gasteiger partial charge on any atom is 0.409 e. The van der Waals surface area contributed by atoms with Crippen LogP contribution in [0.15, 0.2) is 35.0 Å². The molecule has 0 saturated carbocycles. The molecule has 0 radical (unpaired) electrons. The molecule has 0 bridgehead atoms. The number of carbonyl (C=O) groups is 2. The van der Waals surface area contributed by atoms with Gasteiger partial charge >= 0.3 is 6.09 Å². The zero-order valence-corrected chi connectivity index (χ0v) is 14.4. The highest BCUT2D eigenvalue weighted by Crippen LogP contribution is 2.25. The second-order valence-electron chi connectivity index (χ2n) is 5.91. The molecule has 0 spiro atoms. The smallest absolute Gasteiger partial charge is 0.409 e. The van der Waals surface area contributed by atoms with E-state index in [1.165, 1.54) is 6.20 Å². The predicted molar refractivity (Wildman–Crippen MR) is 91.2 cm³/mol. The fourth-order valence-corrected chi connectivity index (χ4v) is 2.78. The number of aromatic nitrogens is 1. The zero-order valence-electron chi connectivity index (χ0n) is 14.4. The van der Waals surface area contributed by atoms with E-state index in [0.29, 0.717) is 44.1 Å². The van der Waals surface area contributed by atoms with Crippen LogP contribution >= 0.6 is 0 Å². The van der Waals surface area contributed by atoms with Gasteiger partial charge in [0.05, 0.1) is 12.8 Å². The molecule has 1 aromatic carbocycles. The summed E-state index contributed by atoms with van der Waals surface area (Å²) in [6, 6.07) is 7.74. The summed E-state index contributed by atoms with van der Waals surface area (Å²) in [6.07, 6.45) is 1.12. The van der Waals surface area contributed by atoms with Crippen molar-refractivity contribution >= 4 is 12.0 Å². The summed E-state index contributed by atoms with van der Waals surface area (Å²) < 4.78 is 10.3. The van der Waals surface area contributed by atoms with Crippen LogP contribution in [0.5, 0.6) is 0 Å². The largest absolute Gasteiger partial charge is 0.450 e. The van der Waals surface area contributed by atoms with E-state index in [1.807, 2.05) is 31.2 Å². The van der Waals surface area contributed by atoms with E-state index in [-0.39, 0.29) is 12.0 Å². The molecular weight excluding hydrogens is 322 g/mol. The average molecular weight is 343 g/mol. The number of aryl methyl sites for hydroxylation is 1. The molecule has 2 amide bonds. The van der Waals surface area contributed by atoms with Crippen molar-refractivity contribution in [1.82, 2.24) is 15.0 Å². The number of hydrogen-bond acceptors (Lipinski definition) is 5. The summed E-state index contributed by atoms with van der Waals surface area (Å²) in [7, 11) is 0. The molecule has 0 unspecified atom stereocenters. The molecule has 0 aliphatic carbocycles. The van der Waals surface area contributed by atoms with Crippen molar-refractivity contribution in [3.8, 4) is 11.3 Å². The van der Waals surface area contributed by atoms with Crippen LogP contribution in [0, 0.1) is 6.92 Å². The van der Waals surface area contributed by atoms with Crippen LogP contribution in [0.25, 0.3) is 11.3 Å². The van der Waals surface area contributed by atoms with Gasteiger partial charge in [0.1, 0.15) is 5.56 Å². The first-order chi connectivity index (χ1) is 12.1. The number of ether oxygens (including phenoxy) is 1. The van der Waals surface area contributed by atoms with Crippen LogP contribution in [0.4, 0.5) is 4.79 Å². The lowest BCUT2D eigenvalue weighted by Gasteiger charge is -2.33. The lowest BCUT2D eigenvalue weighted by atomic mass is 10.1. The SMILES string of the molecule is CCOC(=O)N1CCN(C(=O)c2cnoc2-c2ccc(C)cc2)CC1. The summed E-state index contributed by atoms with van der Waals surface area (Å²) in [5.41, 5.74) is 2.39. The number of hydrogen-bond donors (Lipinski definition) is 0. The molecule has 2 heterocycles. The number of nitrogens with zero attached hydrogens (tertiary/aromatic N) is 3. The molecule has 1 saturated heterocycles. The molecule has 0 N–H and O–H groups in total. The Morgan fingerprint density at radius 3 is 2.40 bits per heavy atom.